The van der Waals surface area contributed by atoms with Gasteiger partial charge in [-0.15, -0.1) is 11.6 Å². The first-order valence-electron chi connectivity index (χ1n) is 3.83. The summed E-state index contributed by atoms with van der Waals surface area (Å²) in [5.41, 5.74) is 0. The third-order valence-electron chi connectivity index (χ3n) is 1.83. The van der Waals surface area contributed by atoms with E-state index in [4.69, 9.17) is 16.9 Å². The van der Waals surface area contributed by atoms with Gasteiger partial charge in [-0.25, -0.2) is 0 Å². The van der Waals surface area contributed by atoms with Gasteiger partial charge >= 0.3 is 0 Å². The Morgan fingerprint density at radius 3 is 2.67 bits per heavy atom. The molecule has 1 rings (SSSR count). The molecular weight excluding hydrogens is 196 g/mol. The molecule has 1 heterocycles. The first-order chi connectivity index (χ1) is 5.72. The number of alkyl halides is 1. The fourth-order valence-electron chi connectivity index (χ4n) is 1.13. The van der Waals surface area contributed by atoms with E-state index in [1.165, 1.54) is 0 Å². The molecule has 12 heavy (non-hydrogen) atoms. The Bertz CT molecular complexity index is 206. The van der Waals surface area contributed by atoms with Crippen LogP contribution in [0.3, 0.4) is 0 Å². The van der Waals surface area contributed by atoms with Crippen LogP contribution in [-0.2, 0) is 10.8 Å². The highest BCUT2D eigenvalue weighted by molar-refractivity contribution is 7.85. The van der Waals surface area contributed by atoms with Crippen molar-refractivity contribution in [1.82, 2.24) is 4.90 Å². The Morgan fingerprint density at radius 1 is 1.58 bits per heavy atom. The van der Waals surface area contributed by atoms with Crippen LogP contribution >= 0.6 is 11.6 Å². The summed E-state index contributed by atoms with van der Waals surface area (Å²) in [7, 11) is -0.645. The summed E-state index contributed by atoms with van der Waals surface area (Å²) in [5, 5.41) is 8.02. The summed E-state index contributed by atoms with van der Waals surface area (Å²) in [6.07, 6.45) is 0. The van der Waals surface area contributed by atoms with E-state index in [2.05, 4.69) is 4.90 Å². The second kappa shape index (κ2) is 4.80. The molecule has 0 spiro atoms. The van der Waals surface area contributed by atoms with Gasteiger partial charge in [0.1, 0.15) is 5.38 Å². The Balaban J connectivity index is 2.27. The zero-order chi connectivity index (χ0) is 8.97. The van der Waals surface area contributed by atoms with E-state index in [0.717, 1.165) is 24.6 Å². The zero-order valence-electron chi connectivity index (χ0n) is 6.70. The largest absolute Gasteiger partial charge is 0.299 e. The Kier molecular flexibility index (Phi) is 3.99. The van der Waals surface area contributed by atoms with Gasteiger partial charge < -0.3 is 0 Å². The molecule has 0 saturated carbocycles. The molecule has 1 atom stereocenters. The van der Waals surface area contributed by atoms with Gasteiger partial charge in [-0.1, -0.05) is 0 Å². The molecular formula is C7H11ClN2OS. The molecule has 0 radical (unpaired) electrons. The number of nitriles is 1. The van der Waals surface area contributed by atoms with Crippen LogP contribution in [-0.4, -0.2) is 45.6 Å². The van der Waals surface area contributed by atoms with Crippen LogP contribution in [0.5, 0.6) is 0 Å². The molecule has 0 bridgehead atoms. The van der Waals surface area contributed by atoms with E-state index in [-0.39, 0.29) is 0 Å². The van der Waals surface area contributed by atoms with Crippen LogP contribution in [0.1, 0.15) is 0 Å². The van der Waals surface area contributed by atoms with Crippen molar-refractivity contribution >= 4 is 22.4 Å². The first kappa shape index (κ1) is 9.97. The second-order valence-corrected chi connectivity index (χ2v) is 4.97. The monoisotopic (exact) mass is 206 g/mol. The summed E-state index contributed by atoms with van der Waals surface area (Å²) in [6, 6.07) is 1.97. The minimum atomic E-state index is -0.645. The highest BCUT2D eigenvalue weighted by atomic mass is 35.5. The topological polar surface area (TPSA) is 44.1 Å². The number of nitrogens with zero attached hydrogens (tertiary/aromatic N) is 2. The summed E-state index contributed by atoms with van der Waals surface area (Å²) in [4.78, 5) is 2.09. The predicted octanol–water partition coefficient (Wildman–Crippen LogP) is 0.182. The molecule has 1 saturated heterocycles. The third-order valence-corrected chi connectivity index (χ3v) is 3.34. The minimum Gasteiger partial charge on any atom is -0.299 e. The van der Waals surface area contributed by atoms with Crippen molar-refractivity contribution in [2.75, 3.05) is 31.1 Å². The highest BCUT2D eigenvalue weighted by Crippen LogP contribution is 2.03. The predicted molar refractivity (Wildman–Crippen MR) is 49.6 cm³/mol. The molecule has 0 aromatic carbocycles. The van der Waals surface area contributed by atoms with E-state index >= 15 is 0 Å². The van der Waals surface area contributed by atoms with Crippen molar-refractivity contribution in [3.8, 4) is 6.07 Å². The molecule has 3 nitrogen and oxygen atoms in total. The minimum absolute atomic E-state index is 0.434. The standard InChI is InChI=1S/C7H11ClN2OS/c8-7(5-9)6-10-1-3-12(11)4-2-10/h7H,1-4,6H2. The molecule has 1 aliphatic heterocycles. The van der Waals surface area contributed by atoms with Crippen LogP contribution in [0.2, 0.25) is 0 Å². The summed E-state index contributed by atoms with van der Waals surface area (Å²) < 4.78 is 11.0. The van der Waals surface area contributed by atoms with Gasteiger partial charge in [-0.2, -0.15) is 5.26 Å². The maximum atomic E-state index is 11.0. The maximum Gasteiger partial charge on any atom is 0.133 e. The van der Waals surface area contributed by atoms with Crippen LogP contribution in [0, 0.1) is 11.3 Å². The Hall–Kier alpha value is -0.110. The number of halogens is 1. The Morgan fingerprint density at radius 2 is 2.17 bits per heavy atom. The molecule has 0 aromatic heterocycles. The molecule has 1 fully saturated rings. The van der Waals surface area contributed by atoms with Crippen molar-refractivity contribution in [3.05, 3.63) is 0 Å². The van der Waals surface area contributed by atoms with Gasteiger partial charge in [0.25, 0.3) is 0 Å². The zero-order valence-corrected chi connectivity index (χ0v) is 8.27. The van der Waals surface area contributed by atoms with E-state index in [9.17, 15) is 4.21 Å². The summed E-state index contributed by atoms with van der Waals surface area (Å²) >= 11 is 5.66. The molecule has 1 aliphatic rings. The van der Waals surface area contributed by atoms with Crippen molar-refractivity contribution in [1.29, 1.82) is 5.26 Å². The Labute approximate surface area is 79.8 Å². The van der Waals surface area contributed by atoms with Gasteiger partial charge in [0, 0.05) is 41.9 Å². The van der Waals surface area contributed by atoms with Gasteiger partial charge in [-0.05, 0) is 0 Å². The number of hydrogen-bond acceptors (Lipinski definition) is 3. The average Bonchev–Trinajstić information content (AvgIpc) is 2.09. The van der Waals surface area contributed by atoms with Crippen molar-refractivity contribution in [3.63, 3.8) is 0 Å². The molecule has 1 unspecified atom stereocenters. The van der Waals surface area contributed by atoms with Crippen LogP contribution in [0.15, 0.2) is 0 Å². The van der Waals surface area contributed by atoms with Crippen LogP contribution in [0.4, 0.5) is 0 Å². The van der Waals surface area contributed by atoms with E-state index in [0.29, 0.717) is 6.54 Å². The molecule has 0 aromatic rings. The van der Waals surface area contributed by atoms with Crippen LogP contribution < -0.4 is 0 Å². The molecule has 5 heteroatoms. The lowest BCUT2D eigenvalue weighted by Gasteiger charge is -2.25. The van der Waals surface area contributed by atoms with Crippen LogP contribution in [0.25, 0.3) is 0 Å². The molecule has 0 aliphatic carbocycles. The summed E-state index contributed by atoms with van der Waals surface area (Å²) in [5.74, 6) is 1.43. The van der Waals surface area contributed by atoms with Gasteiger partial charge in [0.2, 0.25) is 0 Å². The SMILES string of the molecule is N#CC(Cl)CN1CCS(=O)CC1. The van der Waals surface area contributed by atoms with Crippen molar-refractivity contribution in [2.45, 2.75) is 5.38 Å². The first-order valence-corrected chi connectivity index (χ1v) is 5.76. The van der Waals surface area contributed by atoms with E-state index in [1.807, 2.05) is 6.07 Å². The maximum absolute atomic E-state index is 11.0. The number of hydrogen-bond donors (Lipinski definition) is 0. The average molecular weight is 207 g/mol. The quantitative estimate of drug-likeness (QED) is 0.606. The molecule has 0 N–H and O–H groups in total. The van der Waals surface area contributed by atoms with Gasteiger partial charge in [-0.3, -0.25) is 9.11 Å². The highest BCUT2D eigenvalue weighted by Gasteiger charge is 2.17. The lowest BCUT2D eigenvalue weighted by Crippen LogP contribution is -2.40. The van der Waals surface area contributed by atoms with Gasteiger partial charge in [0.05, 0.1) is 6.07 Å². The van der Waals surface area contributed by atoms with E-state index in [1.54, 1.807) is 0 Å². The van der Waals surface area contributed by atoms with Crippen molar-refractivity contribution in [2.24, 2.45) is 0 Å². The second-order valence-electron chi connectivity index (χ2n) is 2.75. The van der Waals surface area contributed by atoms with Gasteiger partial charge in [0.15, 0.2) is 0 Å². The van der Waals surface area contributed by atoms with E-state index < -0.39 is 16.2 Å². The lowest BCUT2D eigenvalue weighted by molar-refractivity contribution is 0.308. The smallest absolute Gasteiger partial charge is 0.133 e. The third kappa shape index (κ3) is 3.10. The fraction of sp³-hybridized carbons (Fsp3) is 0.857. The summed E-state index contributed by atoms with van der Waals surface area (Å²) in [6.45, 7) is 2.20. The normalized spacial score (nSPS) is 23.3. The molecule has 68 valence electrons. The molecule has 0 amide bonds. The van der Waals surface area contributed by atoms with Crippen molar-refractivity contribution < 1.29 is 4.21 Å². The fourth-order valence-corrected chi connectivity index (χ4v) is 2.45. The lowest BCUT2D eigenvalue weighted by atomic mass is 10.4. The number of rotatable bonds is 2.